The van der Waals surface area contributed by atoms with Crippen LogP contribution in [0.15, 0.2) is 18.2 Å². The van der Waals surface area contributed by atoms with Gasteiger partial charge in [0.15, 0.2) is 0 Å². The largest absolute Gasteiger partial charge is 0.481 e. The molecule has 1 aliphatic carbocycles. The first-order valence-electron chi connectivity index (χ1n) is 6.36. The summed E-state index contributed by atoms with van der Waals surface area (Å²) in [5.74, 6) is -1.22. The van der Waals surface area contributed by atoms with E-state index in [1.54, 1.807) is 6.07 Å². The molecule has 0 radical (unpaired) electrons. The molecule has 1 aromatic carbocycles. The first-order chi connectivity index (χ1) is 9.13. The first kappa shape index (κ1) is 12.2. The van der Waals surface area contributed by atoms with Crippen LogP contribution < -0.4 is 5.32 Å². The number of nitrogens with one attached hydrogen (secondary N) is 1. The normalized spacial score (nSPS) is 24.4. The second-order valence-electron chi connectivity index (χ2n) is 5.15. The molecule has 5 nitrogen and oxygen atoms in total. The Balaban J connectivity index is 1.61. The van der Waals surface area contributed by atoms with Crippen LogP contribution in [-0.2, 0) is 22.7 Å². The summed E-state index contributed by atoms with van der Waals surface area (Å²) in [6.45, 7) is 1.17. The third kappa shape index (κ3) is 2.33. The number of hydrogen-bond acceptors (Lipinski definition) is 3. The zero-order chi connectivity index (χ0) is 13.4. The maximum Gasteiger partial charge on any atom is 0.306 e. The average molecular weight is 261 g/mol. The first-order valence-corrected chi connectivity index (χ1v) is 6.36. The highest BCUT2D eigenvalue weighted by atomic mass is 16.5. The molecule has 0 aromatic heterocycles. The lowest BCUT2D eigenvalue weighted by atomic mass is 9.80. The van der Waals surface area contributed by atoms with E-state index in [-0.39, 0.29) is 17.9 Å². The van der Waals surface area contributed by atoms with Crippen LogP contribution in [-0.4, -0.2) is 23.0 Å². The highest BCUT2D eigenvalue weighted by Crippen LogP contribution is 2.28. The third-order valence-corrected chi connectivity index (χ3v) is 3.81. The minimum atomic E-state index is -0.778. The molecule has 5 heteroatoms. The van der Waals surface area contributed by atoms with Gasteiger partial charge in [0, 0.05) is 11.6 Å². The van der Waals surface area contributed by atoms with Crippen molar-refractivity contribution in [2.75, 3.05) is 0 Å². The number of carbonyl (C=O) groups is 2. The van der Waals surface area contributed by atoms with Crippen LogP contribution in [0.3, 0.4) is 0 Å². The molecule has 0 bridgehead atoms. The zero-order valence-electron chi connectivity index (χ0n) is 10.4. The van der Waals surface area contributed by atoms with Gasteiger partial charge in [0.2, 0.25) is 0 Å². The van der Waals surface area contributed by atoms with Crippen LogP contribution in [0.4, 0.5) is 0 Å². The van der Waals surface area contributed by atoms with Crippen molar-refractivity contribution in [1.82, 2.24) is 5.32 Å². The maximum absolute atomic E-state index is 12.0. The van der Waals surface area contributed by atoms with E-state index in [1.807, 2.05) is 12.1 Å². The molecule has 0 spiro atoms. The van der Waals surface area contributed by atoms with Crippen LogP contribution in [0.1, 0.15) is 34.3 Å². The summed E-state index contributed by atoms with van der Waals surface area (Å²) in [5, 5.41) is 11.6. The van der Waals surface area contributed by atoms with Crippen LogP contribution in [0.25, 0.3) is 0 Å². The number of carboxylic acids is 1. The van der Waals surface area contributed by atoms with Gasteiger partial charge in [-0.1, -0.05) is 6.07 Å². The Hall–Kier alpha value is -1.88. The van der Waals surface area contributed by atoms with E-state index >= 15 is 0 Å². The molecule has 100 valence electrons. The van der Waals surface area contributed by atoms with Gasteiger partial charge in [-0.25, -0.2) is 0 Å². The maximum atomic E-state index is 12.0. The standard InChI is InChI=1S/C14H15NO4/c16-13(15-12-4-10(5-12)14(17)18)8-1-2-9-6-19-7-11(9)3-8/h1-3,10,12H,4-7H2,(H,15,16)(H,17,18). The van der Waals surface area contributed by atoms with Gasteiger partial charge in [-0.2, -0.15) is 0 Å². The molecule has 2 N–H and O–H groups in total. The van der Waals surface area contributed by atoms with Crippen molar-refractivity contribution in [1.29, 1.82) is 0 Å². The molecule has 1 amide bonds. The number of benzene rings is 1. The van der Waals surface area contributed by atoms with Crippen molar-refractivity contribution in [2.24, 2.45) is 5.92 Å². The Bertz CT molecular complexity index is 534. The minimum absolute atomic E-state index is 0.0156. The third-order valence-electron chi connectivity index (χ3n) is 3.81. The fourth-order valence-corrected chi connectivity index (χ4v) is 2.52. The summed E-state index contributed by atoms with van der Waals surface area (Å²) in [7, 11) is 0. The molecule has 0 atom stereocenters. The van der Waals surface area contributed by atoms with Gasteiger partial charge < -0.3 is 15.2 Å². The Kier molecular flexibility index (Phi) is 2.98. The van der Waals surface area contributed by atoms with Crippen LogP contribution >= 0.6 is 0 Å². The highest BCUT2D eigenvalue weighted by molar-refractivity contribution is 5.94. The molecular formula is C14H15NO4. The van der Waals surface area contributed by atoms with Crippen molar-refractivity contribution < 1.29 is 19.4 Å². The van der Waals surface area contributed by atoms with Gasteiger partial charge in [0.1, 0.15) is 0 Å². The number of ether oxygens (including phenoxy) is 1. The highest BCUT2D eigenvalue weighted by Gasteiger charge is 2.35. The van der Waals surface area contributed by atoms with Crippen molar-refractivity contribution in [3.63, 3.8) is 0 Å². The molecular weight excluding hydrogens is 246 g/mol. The van der Waals surface area contributed by atoms with E-state index in [0.29, 0.717) is 31.6 Å². The number of fused-ring (bicyclic) bond motifs is 1. The number of carbonyl (C=O) groups excluding carboxylic acids is 1. The number of amides is 1. The molecule has 1 aromatic rings. The predicted octanol–water partition coefficient (Wildman–Crippen LogP) is 1.31. The van der Waals surface area contributed by atoms with Crippen molar-refractivity contribution in [3.05, 3.63) is 34.9 Å². The lowest BCUT2D eigenvalue weighted by Gasteiger charge is -2.32. The SMILES string of the molecule is O=C(NC1CC(C(=O)O)C1)c1ccc2c(c1)COC2. The minimum Gasteiger partial charge on any atom is -0.481 e. The Morgan fingerprint density at radius 3 is 2.68 bits per heavy atom. The van der Waals surface area contributed by atoms with E-state index in [0.717, 1.165) is 11.1 Å². The molecule has 0 saturated heterocycles. The van der Waals surface area contributed by atoms with Gasteiger partial charge in [0.05, 0.1) is 19.1 Å². The summed E-state index contributed by atoms with van der Waals surface area (Å²) in [6.07, 6.45) is 1.05. The van der Waals surface area contributed by atoms with Crippen molar-refractivity contribution in [2.45, 2.75) is 32.1 Å². The fourth-order valence-electron chi connectivity index (χ4n) is 2.52. The van der Waals surface area contributed by atoms with Crippen LogP contribution in [0, 0.1) is 5.92 Å². The Morgan fingerprint density at radius 2 is 1.95 bits per heavy atom. The molecule has 3 rings (SSSR count). The summed E-state index contributed by atoms with van der Waals surface area (Å²) < 4.78 is 5.31. The van der Waals surface area contributed by atoms with Crippen LogP contribution in [0.5, 0.6) is 0 Å². The second-order valence-corrected chi connectivity index (χ2v) is 5.15. The molecule has 1 fully saturated rings. The monoisotopic (exact) mass is 261 g/mol. The smallest absolute Gasteiger partial charge is 0.306 e. The van der Waals surface area contributed by atoms with E-state index in [4.69, 9.17) is 9.84 Å². The topological polar surface area (TPSA) is 75.6 Å². The molecule has 2 aliphatic rings. The fraction of sp³-hybridized carbons (Fsp3) is 0.429. The molecule has 1 aliphatic heterocycles. The number of hydrogen-bond donors (Lipinski definition) is 2. The molecule has 1 saturated carbocycles. The summed E-state index contributed by atoms with van der Waals surface area (Å²) in [5.41, 5.74) is 2.80. The molecule has 0 unspecified atom stereocenters. The quantitative estimate of drug-likeness (QED) is 0.860. The number of rotatable bonds is 3. The van der Waals surface area contributed by atoms with Crippen LogP contribution in [0.2, 0.25) is 0 Å². The van der Waals surface area contributed by atoms with Gasteiger partial charge in [-0.05, 0) is 36.1 Å². The van der Waals surface area contributed by atoms with Gasteiger partial charge >= 0.3 is 5.97 Å². The number of aliphatic carboxylic acids is 1. The summed E-state index contributed by atoms with van der Waals surface area (Å²) in [6, 6.07) is 5.54. The number of carboxylic acid groups (broad SMARTS) is 1. The summed E-state index contributed by atoms with van der Waals surface area (Å²) in [4.78, 5) is 22.7. The lowest BCUT2D eigenvalue weighted by Crippen LogP contribution is -2.46. The molecule has 1 heterocycles. The van der Waals surface area contributed by atoms with Gasteiger partial charge in [0.25, 0.3) is 5.91 Å². The average Bonchev–Trinajstić information content (AvgIpc) is 2.79. The zero-order valence-corrected chi connectivity index (χ0v) is 10.4. The summed E-state index contributed by atoms with van der Waals surface area (Å²) >= 11 is 0. The Labute approximate surface area is 110 Å². The van der Waals surface area contributed by atoms with Gasteiger partial charge in [-0.3, -0.25) is 9.59 Å². The van der Waals surface area contributed by atoms with E-state index in [9.17, 15) is 9.59 Å². The van der Waals surface area contributed by atoms with E-state index in [1.165, 1.54) is 0 Å². The van der Waals surface area contributed by atoms with E-state index in [2.05, 4.69) is 5.32 Å². The lowest BCUT2D eigenvalue weighted by molar-refractivity contribution is -0.145. The predicted molar refractivity (Wildman–Crippen MR) is 66.5 cm³/mol. The van der Waals surface area contributed by atoms with E-state index < -0.39 is 5.97 Å². The van der Waals surface area contributed by atoms with Crippen molar-refractivity contribution in [3.8, 4) is 0 Å². The second kappa shape index (κ2) is 4.66. The van der Waals surface area contributed by atoms with Gasteiger partial charge in [-0.15, -0.1) is 0 Å². The molecule has 19 heavy (non-hydrogen) atoms. The Morgan fingerprint density at radius 1 is 1.21 bits per heavy atom. The van der Waals surface area contributed by atoms with Crippen molar-refractivity contribution >= 4 is 11.9 Å².